The molecule has 0 N–H and O–H groups in total. The molecule has 9 heteroatoms. The molecule has 1 aromatic carbocycles. The Morgan fingerprint density at radius 2 is 1.49 bits per heavy atom. The molecule has 0 saturated carbocycles. The molecule has 0 aliphatic rings. The van der Waals surface area contributed by atoms with Gasteiger partial charge in [-0.25, -0.2) is 0 Å². The van der Waals surface area contributed by atoms with Gasteiger partial charge in [-0.05, 0) is 56.0 Å². The van der Waals surface area contributed by atoms with Gasteiger partial charge in [0.05, 0.1) is 37.7 Å². The second-order valence-electron chi connectivity index (χ2n) is 7.95. The molecule has 0 fully saturated rings. The molecule has 0 aliphatic heterocycles. The Labute approximate surface area is 212 Å². The molecular formula is C26H35N5O3S. The third-order valence-corrected chi connectivity index (χ3v) is 6.30. The highest BCUT2D eigenvalue weighted by molar-refractivity contribution is 7.16. The maximum atomic E-state index is 9.42. The number of hydrogen-bond donors (Lipinski definition) is 0. The number of ether oxygens (including phenoxy) is 3. The van der Waals surface area contributed by atoms with Crippen LogP contribution in [0.4, 0.5) is 16.4 Å². The maximum Gasteiger partial charge on any atom is 0.158 e. The fraction of sp³-hybridized carbons (Fsp3) is 0.538. The first-order valence-electron chi connectivity index (χ1n) is 12.0. The lowest BCUT2D eigenvalue weighted by Gasteiger charge is -2.25. The summed E-state index contributed by atoms with van der Waals surface area (Å²) in [6.45, 7) is 13.4. The molecule has 0 amide bonds. The summed E-state index contributed by atoms with van der Waals surface area (Å²) in [6, 6.07) is 10.2. The van der Waals surface area contributed by atoms with Gasteiger partial charge in [0.1, 0.15) is 17.0 Å². The van der Waals surface area contributed by atoms with Crippen molar-refractivity contribution < 1.29 is 14.2 Å². The lowest BCUT2D eigenvalue weighted by molar-refractivity contribution is 0.0501. The topological polar surface area (TPSA) is 103 Å². The first-order chi connectivity index (χ1) is 17.0. The number of thiophene rings is 1. The third-order valence-electron chi connectivity index (χ3n) is 5.22. The standard InChI is InChI=1S/C26H35N5O3S/c1-5-11-32-13-9-31(10-14-34-16-15-33-12-6-2)22-7-8-24(20(3)17-22)29-30-26-23(18-27)21(4)25(19-28)35-26/h7-8,17H,5-6,9-16H2,1-4H3/b30-29+. The van der Waals surface area contributed by atoms with Crippen molar-refractivity contribution in [2.45, 2.75) is 40.5 Å². The van der Waals surface area contributed by atoms with E-state index in [0.29, 0.717) is 53.1 Å². The summed E-state index contributed by atoms with van der Waals surface area (Å²) >= 11 is 1.19. The SMILES string of the molecule is CCCOCCOCCN(CCOCCC)c1ccc(/N=N/c2sc(C#N)c(C)c2C#N)c(C)c1. The van der Waals surface area contributed by atoms with Gasteiger partial charge in [0, 0.05) is 32.0 Å². The first kappa shape index (κ1) is 28.4. The predicted octanol–water partition coefficient (Wildman–Crippen LogP) is 6.20. The molecule has 0 spiro atoms. The van der Waals surface area contributed by atoms with Crippen LogP contribution in [0, 0.1) is 36.5 Å². The van der Waals surface area contributed by atoms with E-state index in [1.807, 2.05) is 19.1 Å². The monoisotopic (exact) mass is 497 g/mol. The van der Waals surface area contributed by atoms with Gasteiger partial charge in [-0.2, -0.15) is 10.5 Å². The first-order valence-corrected chi connectivity index (χ1v) is 12.8. The summed E-state index contributed by atoms with van der Waals surface area (Å²) in [5, 5.41) is 27.7. The minimum Gasteiger partial charge on any atom is -0.380 e. The van der Waals surface area contributed by atoms with E-state index in [0.717, 1.165) is 50.4 Å². The highest BCUT2D eigenvalue weighted by atomic mass is 32.1. The summed E-state index contributed by atoms with van der Waals surface area (Å²) in [5.41, 5.74) is 3.80. The predicted molar refractivity (Wildman–Crippen MR) is 139 cm³/mol. The molecule has 2 aromatic rings. The highest BCUT2D eigenvalue weighted by Gasteiger charge is 2.15. The summed E-state index contributed by atoms with van der Waals surface area (Å²) < 4.78 is 16.9. The maximum absolute atomic E-state index is 9.42. The summed E-state index contributed by atoms with van der Waals surface area (Å²) in [4.78, 5) is 2.73. The average molecular weight is 498 g/mol. The van der Waals surface area contributed by atoms with Crippen LogP contribution in [-0.2, 0) is 14.2 Å². The fourth-order valence-electron chi connectivity index (χ4n) is 3.29. The normalized spacial score (nSPS) is 11.0. The van der Waals surface area contributed by atoms with E-state index in [1.165, 1.54) is 11.3 Å². The van der Waals surface area contributed by atoms with Gasteiger partial charge in [0.15, 0.2) is 5.00 Å². The molecule has 2 rings (SSSR count). The lowest BCUT2D eigenvalue weighted by Crippen LogP contribution is -2.31. The van der Waals surface area contributed by atoms with Crippen molar-refractivity contribution in [2.75, 3.05) is 57.6 Å². The minimum absolute atomic E-state index is 0.405. The zero-order valence-corrected chi connectivity index (χ0v) is 22.0. The largest absolute Gasteiger partial charge is 0.380 e. The van der Waals surface area contributed by atoms with Crippen LogP contribution in [0.25, 0.3) is 0 Å². The Balaban J connectivity index is 2.08. The van der Waals surface area contributed by atoms with E-state index in [2.05, 4.69) is 47.2 Å². The minimum atomic E-state index is 0.405. The van der Waals surface area contributed by atoms with E-state index in [-0.39, 0.29) is 0 Å². The number of benzene rings is 1. The molecule has 1 heterocycles. The van der Waals surface area contributed by atoms with Crippen molar-refractivity contribution in [3.05, 3.63) is 39.8 Å². The van der Waals surface area contributed by atoms with E-state index < -0.39 is 0 Å². The van der Waals surface area contributed by atoms with Crippen molar-refractivity contribution in [3.8, 4) is 12.1 Å². The molecule has 0 atom stereocenters. The molecule has 0 unspecified atom stereocenters. The molecule has 8 nitrogen and oxygen atoms in total. The lowest BCUT2D eigenvalue weighted by atomic mass is 10.1. The van der Waals surface area contributed by atoms with Crippen molar-refractivity contribution >= 4 is 27.7 Å². The van der Waals surface area contributed by atoms with Gasteiger partial charge in [-0.15, -0.1) is 21.6 Å². The average Bonchev–Trinajstić information content (AvgIpc) is 3.18. The molecule has 0 radical (unpaired) electrons. The molecular weight excluding hydrogens is 462 g/mol. The van der Waals surface area contributed by atoms with Crippen LogP contribution in [0.3, 0.4) is 0 Å². The molecule has 1 aromatic heterocycles. The van der Waals surface area contributed by atoms with Gasteiger partial charge in [-0.3, -0.25) is 0 Å². The van der Waals surface area contributed by atoms with Crippen LogP contribution in [0.1, 0.15) is 48.3 Å². The number of azo groups is 1. The van der Waals surface area contributed by atoms with Crippen molar-refractivity contribution in [3.63, 3.8) is 0 Å². The Bertz CT molecular complexity index is 1040. The molecule has 0 saturated heterocycles. The zero-order chi connectivity index (χ0) is 25.5. The summed E-state index contributed by atoms with van der Waals surface area (Å²) in [7, 11) is 0. The van der Waals surface area contributed by atoms with E-state index in [9.17, 15) is 10.5 Å². The third kappa shape index (κ3) is 9.04. The van der Waals surface area contributed by atoms with Gasteiger partial charge < -0.3 is 19.1 Å². The smallest absolute Gasteiger partial charge is 0.158 e. The van der Waals surface area contributed by atoms with Gasteiger partial charge in [0.25, 0.3) is 0 Å². The number of rotatable bonds is 16. The van der Waals surface area contributed by atoms with E-state index in [1.54, 1.807) is 6.92 Å². The van der Waals surface area contributed by atoms with Crippen LogP contribution in [0.2, 0.25) is 0 Å². The van der Waals surface area contributed by atoms with Gasteiger partial charge in [-0.1, -0.05) is 13.8 Å². The second-order valence-corrected chi connectivity index (χ2v) is 8.95. The summed E-state index contributed by atoms with van der Waals surface area (Å²) in [6.07, 6.45) is 2.00. The van der Waals surface area contributed by atoms with Crippen LogP contribution >= 0.6 is 11.3 Å². The van der Waals surface area contributed by atoms with Crippen LogP contribution in [0.5, 0.6) is 0 Å². The molecule has 188 valence electrons. The van der Waals surface area contributed by atoms with Crippen LogP contribution < -0.4 is 4.90 Å². The molecule has 35 heavy (non-hydrogen) atoms. The van der Waals surface area contributed by atoms with Crippen molar-refractivity contribution in [1.82, 2.24) is 0 Å². The number of hydrogen-bond acceptors (Lipinski definition) is 9. The fourth-order valence-corrected chi connectivity index (χ4v) is 4.16. The number of nitriles is 2. The highest BCUT2D eigenvalue weighted by Crippen LogP contribution is 2.36. The van der Waals surface area contributed by atoms with E-state index in [4.69, 9.17) is 14.2 Å². The Kier molecular flexibility index (Phi) is 13.0. The van der Waals surface area contributed by atoms with Crippen molar-refractivity contribution in [2.24, 2.45) is 10.2 Å². The summed E-state index contributed by atoms with van der Waals surface area (Å²) in [5.74, 6) is 0. The molecule has 0 aliphatic carbocycles. The van der Waals surface area contributed by atoms with Gasteiger partial charge in [0.2, 0.25) is 0 Å². The zero-order valence-electron chi connectivity index (χ0n) is 21.2. The van der Waals surface area contributed by atoms with E-state index >= 15 is 0 Å². The Hall–Kier alpha value is -2.82. The van der Waals surface area contributed by atoms with Gasteiger partial charge >= 0.3 is 0 Å². The number of aryl methyl sites for hydroxylation is 1. The van der Waals surface area contributed by atoms with Crippen molar-refractivity contribution in [1.29, 1.82) is 10.5 Å². The number of nitrogens with zero attached hydrogens (tertiary/aromatic N) is 5. The number of anilines is 1. The van der Waals surface area contributed by atoms with Crippen LogP contribution in [0.15, 0.2) is 28.4 Å². The Morgan fingerprint density at radius 3 is 2.06 bits per heavy atom. The quantitative estimate of drug-likeness (QED) is 0.202. The Morgan fingerprint density at radius 1 is 0.857 bits per heavy atom. The van der Waals surface area contributed by atoms with Crippen LogP contribution in [-0.4, -0.2) is 52.7 Å². The molecule has 0 bridgehead atoms. The second kappa shape index (κ2) is 16.0.